The van der Waals surface area contributed by atoms with E-state index in [9.17, 15) is 4.79 Å². The molecule has 4 heteroatoms. The Morgan fingerprint density at radius 3 is 2.42 bits per heavy atom. The van der Waals surface area contributed by atoms with Crippen LogP contribution in [0.1, 0.15) is 68.7 Å². The lowest BCUT2D eigenvalue weighted by atomic mass is 9.94. The second-order valence-corrected chi connectivity index (χ2v) is 10.4. The Bertz CT molecular complexity index is 1240. The Hall–Kier alpha value is -3.37. The summed E-state index contributed by atoms with van der Waals surface area (Å²) in [5.41, 5.74) is 8.36. The van der Waals surface area contributed by atoms with Gasteiger partial charge in [-0.1, -0.05) is 73.7 Å². The zero-order valence-corrected chi connectivity index (χ0v) is 23.1. The smallest absolute Gasteiger partial charge is 0.216 e. The lowest BCUT2D eigenvalue weighted by Crippen LogP contribution is -2.28. The number of carbonyl (C=O) groups is 1. The molecule has 4 rings (SSSR count). The molecule has 1 aliphatic rings. The zero-order chi connectivity index (χ0) is 26.9. The van der Waals surface area contributed by atoms with Gasteiger partial charge in [-0.05, 0) is 91.0 Å². The molecule has 0 bridgehead atoms. The molecule has 1 N–H and O–H groups in total. The number of carbonyl (C=O) groups excluding carboxylic acids is 1. The third-order valence-corrected chi connectivity index (χ3v) is 7.37. The van der Waals surface area contributed by atoms with Gasteiger partial charge in [0.15, 0.2) is 0 Å². The van der Waals surface area contributed by atoms with Gasteiger partial charge >= 0.3 is 0 Å². The van der Waals surface area contributed by atoms with Gasteiger partial charge in [-0.25, -0.2) is 0 Å². The third-order valence-electron chi connectivity index (χ3n) is 7.37. The predicted octanol–water partition coefficient (Wildman–Crippen LogP) is 7.53. The van der Waals surface area contributed by atoms with Gasteiger partial charge in [0, 0.05) is 13.5 Å². The Morgan fingerprint density at radius 1 is 0.921 bits per heavy atom. The van der Waals surface area contributed by atoms with Gasteiger partial charge in [-0.2, -0.15) is 0 Å². The van der Waals surface area contributed by atoms with Crippen LogP contribution in [0.3, 0.4) is 0 Å². The highest BCUT2D eigenvalue weighted by Gasteiger charge is 2.23. The number of rotatable bonds is 11. The van der Waals surface area contributed by atoms with Gasteiger partial charge in [0.25, 0.3) is 0 Å². The Labute approximate surface area is 228 Å². The third kappa shape index (κ3) is 7.58. The summed E-state index contributed by atoms with van der Waals surface area (Å²) < 4.78 is 12.8. The molecular formula is C34H41NO3. The van der Waals surface area contributed by atoms with E-state index in [4.69, 9.17) is 9.47 Å². The van der Waals surface area contributed by atoms with E-state index in [-0.39, 0.29) is 18.1 Å². The maximum atomic E-state index is 11.4. The Morgan fingerprint density at radius 2 is 1.68 bits per heavy atom. The first-order valence-corrected chi connectivity index (χ1v) is 13.9. The molecule has 3 aromatic carbocycles. The lowest BCUT2D eigenvalue weighted by molar-refractivity contribution is -0.118. The second kappa shape index (κ2) is 13.4. The minimum Gasteiger partial charge on any atom is -0.490 e. The van der Waals surface area contributed by atoms with Crippen molar-refractivity contribution < 1.29 is 14.3 Å². The fraction of sp³-hybridized carbons (Fsp3) is 0.382. The lowest BCUT2D eigenvalue weighted by Gasteiger charge is -2.29. The summed E-state index contributed by atoms with van der Waals surface area (Å²) in [7, 11) is 0. The largest absolute Gasteiger partial charge is 0.490 e. The molecule has 1 amide bonds. The average molecular weight is 512 g/mol. The summed E-state index contributed by atoms with van der Waals surface area (Å²) in [6, 6.07) is 23.5. The van der Waals surface area contributed by atoms with Gasteiger partial charge in [0.05, 0.1) is 18.8 Å². The van der Waals surface area contributed by atoms with Gasteiger partial charge in [0.2, 0.25) is 5.91 Å². The van der Waals surface area contributed by atoms with Crippen LogP contribution in [0.15, 0.2) is 73.3 Å². The average Bonchev–Trinajstić information content (AvgIpc) is 2.93. The van der Waals surface area contributed by atoms with E-state index in [1.54, 1.807) is 6.92 Å². The molecule has 0 unspecified atom stereocenters. The SMILES string of the molecule is C=C(C)c1ccccc1COC1CCC(Oc2ccc(CCNC(C)=O)c(-c3cccc(CC)c3)c2)CC1. The van der Waals surface area contributed by atoms with E-state index >= 15 is 0 Å². The predicted molar refractivity (Wildman–Crippen MR) is 156 cm³/mol. The van der Waals surface area contributed by atoms with Crippen LogP contribution in [-0.4, -0.2) is 24.7 Å². The zero-order valence-electron chi connectivity index (χ0n) is 23.1. The molecule has 0 saturated heterocycles. The van der Waals surface area contributed by atoms with Crippen LogP contribution in [0, 0.1) is 0 Å². The van der Waals surface area contributed by atoms with Crippen molar-refractivity contribution in [3.63, 3.8) is 0 Å². The molecule has 1 saturated carbocycles. The van der Waals surface area contributed by atoms with Crippen molar-refractivity contribution in [2.45, 2.75) is 78.1 Å². The monoisotopic (exact) mass is 511 g/mol. The summed E-state index contributed by atoms with van der Waals surface area (Å²) in [6.07, 6.45) is 6.20. The van der Waals surface area contributed by atoms with Crippen LogP contribution >= 0.6 is 0 Å². The summed E-state index contributed by atoms with van der Waals surface area (Å²) in [5.74, 6) is 0.907. The fourth-order valence-electron chi connectivity index (χ4n) is 5.23. The standard InChI is InChI=1S/C34H41NO3/c1-5-26-9-8-11-28(21-26)34-22-32(14-13-27(34)19-20-35-25(4)36)38-31-17-15-30(16-18-31)37-23-29-10-6-7-12-33(29)24(2)3/h6-14,21-22,30-31H,2,5,15-20,23H2,1,3-4H3,(H,35,36). The first-order valence-electron chi connectivity index (χ1n) is 13.9. The molecular weight excluding hydrogens is 470 g/mol. The number of nitrogens with one attached hydrogen (secondary N) is 1. The van der Waals surface area contributed by atoms with Crippen LogP contribution in [0.25, 0.3) is 16.7 Å². The second-order valence-electron chi connectivity index (χ2n) is 10.4. The number of allylic oxidation sites excluding steroid dienone is 1. The van der Waals surface area contributed by atoms with E-state index in [0.717, 1.165) is 49.8 Å². The molecule has 200 valence electrons. The summed E-state index contributed by atoms with van der Waals surface area (Å²) >= 11 is 0. The fourth-order valence-corrected chi connectivity index (χ4v) is 5.23. The molecule has 0 aromatic heterocycles. The van der Waals surface area contributed by atoms with Crippen LogP contribution in [-0.2, 0) is 29.0 Å². The molecule has 4 nitrogen and oxygen atoms in total. The summed E-state index contributed by atoms with van der Waals surface area (Å²) in [5, 5.41) is 2.92. The van der Waals surface area contributed by atoms with E-state index < -0.39 is 0 Å². The van der Waals surface area contributed by atoms with Crippen LogP contribution in [0.5, 0.6) is 5.75 Å². The van der Waals surface area contributed by atoms with Crippen LogP contribution in [0.4, 0.5) is 0 Å². The number of aryl methyl sites for hydroxylation is 1. The van der Waals surface area contributed by atoms with Crippen molar-refractivity contribution in [3.05, 3.63) is 95.6 Å². The van der Waals surface area contributed by atoms with Gasteiger partial charge < -0.3 is 14.8 Å². The topological polar surface area (TPSA) is 47.6 Å². The van der Waals surface area contributed by atoms with Crippen molar-refractivity contribution in [2.24, 2.45) is 0 Å². The molecule has 3 aromatic rings. The van der Waals surface area contributed by atoms with Crippen molar-refractivity contribution >= 4 is 11.5 Å². The van der Waals surface area contributed by atoms with Gasteiger partial charge in [-0.15, -0.1) is 0 Å². The summed E-state index contributed by atoms with van der Waals surface area (Å²) in [6.45, 7) is 11.1. The molecule has 0 aliphatic heterocycles. The maximum absolute atomic E-state index is 11.4. The van der Waals surface area contributed by atoms with Crippen molar-refractivity contribution in [2.75, 3.05) is 6.54 Å². The number of amides is 1. The van der Waals surface area contributed by atoms with E-state index in [1.165, 1.54) is 33.4 Å². The highest BCUT2D eigenvalue weighted by molar-refractivity contribution is 5.73. The molecule has 0 atom stereocenters. The Balaban J connectivity index is 1.39. The number of benzene rings is 3. The summed E-state index contributed by atoms with van der Waals surface area (Å²) in [4.78, 5) is 11.4. The normalized spacial score (nSPS) is 17.1. The van der Waals surface area contributed by atoms with Gasteiger partial charge in [0.1, 0.15) is 5.75 Å². The molecule has 1 fully saturated rings. The van der Waals surface area contributed by atoms with Crippen LogP contribution < -0.4 is 10.1 Å². The van der Waals surface area contributed by atoms with E-state index in [2.05, 4.69) is 85.5 Å². The molecule has 0 radical (unpaired) electrons. The minimum absolute atomic E-state index is 0.000839. The first kappa shape index (κ1) is 27.7. The quantitative estimate of drug-likeness (QED) is 0.289. The van der Waals surface area contributed by atoms with Crippen molar-refractivity contribution in [3.8, 4) is 16.9 Å². The first-order chi connectivity index (χ1) is 18.4. The number of hydrogen-bond acceptors (Lipinski definition) is 3. The van der Waals surface area contributed by atoms with E-state index in [0.29, 0.717) is 13.2 Å². The van der Waals surface area contributed by atoms with Crippen molar-refractivity contribution in [1.29, 1.82) is 0 Å². The van der Waals surface area contributed by atoms with Gasteiger partial charge in [-0.3, -0.25) is 4.79 Å². The Kier molecular flexibility index (Phi) is 9.78. The maximum Gasteiger partial charge on any atom is 0.216 e. The highest BCUT2D eigenvalue weighted by atomic mass is 16.5. The number of ether oxygens (including phenoxy) is 2. The van der Waals surface area contributed by atoms with E-state index in [1.807, 2.05) is 6.92 Å². The highest BCUT2D eigenvalue weighted by Crippen LogP contribution is 2.32. The molecule has 0 spiro atoms. The number of hydrogen-bond donors (Lipinski definition) is 1. The van der Waals surface area contributed by atoms with Crippen LogP contribution in [0.2, 0.25) is 0 Å². The molecule has 0 heterocycles. The molecule has 1 aliphatic carbocycles. The molecule has 38 heavy (non-hydrogen) atoms. The van der Waals surface area contributed by atoms with Crippen molar-refractivity contribution in [1.82, 2.24) is 5.32 Å². The minimum atomic E-state index is -0.000839.